The van der Waals surface area contributed by atoms with Gasteiger partial charge in [-0.25, -0.2) is 0 Å². The smallest absolute Gasteiger partial charge is 0.102 e. The third-order valence-electron chi connectivity index (χ3n) is 4.16. The van der Waals surface area contributed by atoms with Crippen LogP contribution in [0.2, 0.25) is 0 Å². The molecule has 0 amide bonds. The molecule has 0 heterocycles. The van der Waals surface area contributed by atoms with E-state index >= 15 is 0 Å². The molecular weight excluding hydrogens is 326 g/mol. The number of unbranched alkanes of at least 4 members (excludes halogenated alkanes) is 9. The van der Waals surface area contributed by atoms with Crippen LogP contribution in [0.3, 0.4) is 0 Å². The van der Waals surface area contributed by atoms with Crippen LogP contribution in [-0.2, 0) is 4.74 Å². The fraction of sp³-hybridized carbons (Fsp3) is 1.00. The first kappa shape index (κ1) is 23.7. The van der Waals surface area contributed by atoms with Gasteiger partial charge in [-0.2, -0.15) is 0 Å². The van der Waals surface area contributed by atoms with E-state index in [1.54, 1.807) is 0 Å². The zero-order chi connectivity index (χ0) is 15.1. The molecule has 3 heteroatoms. The summed E-state index contributed by atoms with van der Waals surface area (Å²) < 4.78 is 6.56. The van der Waals surface area contributed by atoms with Crippen molar-refractivity contribution in [1.29, 1.82) is 0 Å². The molecule has 2 nitrogen and oxygen atoms in total. The number of nitrogens with zero attached hydrogens (tertiary/aromatic N) is 1. The maximum atomic E-state index is 5.45. The Morgan fingerprint density at radius 3 is 1.62 bits per heavy atom. The van der Waals surface area contributed by atoms with Crippen LogP contribution in [0.25, 0.3) is 0 Å². The Balaban J connectivity index is 0. The molecule has 21 heavy (non-hydrogen) atoms. The van der Waals surface area contributed by atoms with Crippen molar-refractivity contribution in [3.05, 3.63) is 0 Å². The van der Waals surface area contributed by atoms with E-state index in [9.17, 15) is 0 Å². The van der Waals surface area contributed by atoms with Crippen LogP contribution in [0.15, 0.2) is 0 Å². The first-order chi connectivity index (χ1) is 9.62. The average molecular weight is 366 g/mol. The highest BCUT2D eigenvalue weighted by Gasteiger charge is 2.13. The maximum absolute atomic E-state index is 5.45. The lowest BCUT2D eigenvalue weighted by molar-refractivity contribution is -0.890. The van der Waals surface area contributed by atoms with Gasteiger partial charge in [-0.1, -0.05) is 58.3 Å². The van der Waals surface area contributed by atoms with E-state index in [1.165, 1.54) is 70.8 Å². The van der Waals surface area contributed by atoms with Gasteiger partial charge in [0.15, 0.2) is 0 Å². The van der Waals surface area contributed by atoms with Crippen molar-refractivity contribution in [1.82, 2.24) is 0 Å². The fourth-order valence-corrected chi connectivity index (χ4v) is 2.60. The molecule has 0 fully saturated rings. The first-order valence-electron chi connectivity index (χ1n) is 9.02. The number of rotatable bonds is 15. The molecule has 0 aliphatic carbocycles. The zero-order valence-corrected chi connectivity index (χ0v) is 16.7. The molecule has 0 saturated carbocycles. The van der Waals surface area contributed by atoms with Crippen molar-refractivity contribution in [2.24, 2.45) is 0 Å². The second-order valence-electron chi connectivity index (χ2n) is 6.76. The summed E-state index contributed by atoms with van der Waals surface area (Å²) in [5, 5.41) is 0. The van der Waals surface area contributed by atoms with E-state index in [4.69, 9.17) is 4.74 Å². The van der Waals surface area contributed by atoms with E-state index in [2.05, 4.69) is 27.9 Å². The minimum absolute atomic E-state index is 0. The Hall–Kier alpha value is 0.400. The SMILES string of the molecule is CCCCCCCCCCCC[N+](C)(C)CCOCC.[Br-]. The lowest BCUT2D eigenvalue weighted by atomic mass is 10.1. The second-order valence-corrected chi connectivity index (χ2v) is 6.76. The summed E-state index contributed by atoms with van der Waals surface area (Å²) >= 11 is 0. The highest BCUT2D eigenvalue weighted by Crippen LogP contribution is 2.11. The molecule has 0 aromatic rings. The molecule has 0 radical (unpaired) electrons. The van der Waals surface area contributed by atoms with Crippen molar-refractivity contribution in [2.45, 2.75) is 78.1 Å². The van der Waals surface area contributed by atoms with Crippen LogP contribution in [0.4, 0.5) is 0 Å². The van der Waals surface area contributed by atoms with Crippen LogP contribution in [0, 0.1) is 0 Å². The molecule has 0 unspecified atom stereocenters. The topological polar surface area (TPSA) is 9.23 Å². The Morgan fingerprint density at radius 1 is 0.667 bits per heavy atom. The van der Waals surface area contributed by atoms with Gasteiger partial charge in [0, 0.05) is 6.61 Å². The molecule has 0 N–H and O–H groups in total. The predicted octanol–water partition coefficient (Wildman–Crippen LogP) is 2.02. The summed E-state index contributed by atoms with van der Waals surface area (Å²) in [7, 11) is 4.65. The molecule has 130 valence electrons. The number of quaternary nitrogens is 1. The largest absolute Gasteiger partial charge is 1.00 e. The molecule has 0 bridgehead atoms. The van der Waals surface area contributed by atoms with E-state index in [0.29, 0.717) is 0 Å². The molecule has 0 rings (SSSR count). The van der Waals surface area contributed by atoms with E-state index in [0.717, 1.165) is 24.2 Å². The van der Waals surface area contributed by atoms with E-state index in [1.807, 2.05) is 0 Å². The van der Waals surface area contributed by atoms with Crippen LogP contribution in [-0.4, -0.2) is 44.9 Å². The minimum atomic E-state index is 0. The minimum Gasteiger partial charge on any atom is -1.00 e. The van der Waals surface area contributed by atoms with Crippen molar-refractivity contribution in [3.63, 3.8) is 0 Å². The molecular formula is C18H40BrNO. The number of ether oxygens (including phenoxy) is 1. The highest BCUT2D eigenvalue weighted by atomic mass is 79.9. The number of halogens is 1. The molecule has 0 aliphatic heterocycles. The van der Waals surface area contributed by atoms with Crippen molar-refractivity contribution in [3.8, 4) is 0 Å². The zero-order valence-electron chi connectivity index (χ0n) is 15.1. The standard InChI is InChI=1S/C18H40NO.BrH/c1-5-7-8-9-10-11-12-13-14-15-16-19(3,4)17-18-20-6-2;/h5-18H2,1-4H3;1H/q+1;/p-1. The molecule has 0 aromatic heterocycles. The second kappa shape index (κ2) is 16.8. The number of hydrogen-bond acceptors (Lipinski definition) is 1. The van der Waals surface area contributed by atoms with Crippen LogP contribution >= 0.6 is 0 Å². The summed E-state index contributed by atoms with van der Waals surface area (Å²) in [5.41, 5.74) is 0. The third-order valence-corrected chi connectivity index (χ3v) is 4.16. The van der Waals surface area contributed by atoms with Gasteiger partial charge in [0.1, 0.15) is 6.54 Å². The Morgan fingerprint density at radius 2 is 1.14 bits per heavy atom. The van der Waals surface area contributed by atoms with Crippen molar-refractivity contribution >= 4 is 0 Å². The van der Waals surface area contributed by atoms with E-state index < -0.39 is 0 Å². The monoisotopic (exact) mass is 365 g/mol. The molecule has 0 saturated heterocycles. The van der Waals surface area contributed by atoms with Gasteiger partial charge in [0.05, 0.1) is 27.2 Å². The average Bonchev–Trinajstić information content (AvgIpc) is 2.41. The van der Waals surface area contributed by atoms with Gasteiger partial charge in [0.2, 0.25) is 0 Å². The van der Waals surface area contributed by atoms with Crippen LogP contribution in [0.1, 0.15) is 78.1 Å². The Labute approximate surface area is 145 Å². The maximum Gasteiger partial charge on any atom is 0.102 e. The Bertz CT molecular complexity index is 198. The summed E-state index contributed by atoms with van der Waals surface area (Å²) in [6, 6.07) is 0. The molecule has 0 aliphatic rings. The van der Waals surface area contributed by atoms with Gasteiger partial charge < -0.3 is 26.2 Å². The van der Waals surface area contributed by atoms with Gasteiger partial charge >= 0.3 is 0 Å². The number of hydrogen-bond donors (Lipinski definition) is 0. The van der Waals surface area contributed by atoms with Gasteiger partial charge in [-0.05, 0) is 19.8 Å². The Kier molecular flexibility index (Phi) is 18.9. The molecule has 0 aromatic carbocycles. The normalized spacial score (nSPS) is 11.4. The molecule has 0 spiro atoms. The van der Waals surface area contributed by atoms with Crippen molar-refractivity contribution in [2.75, 3.05) is 40.4 Å². The summed E-state index contributed by atoms with van der Waals surface area (Å²) in [5.74, 6) is 0. The summed E-state index contributed by atoms with van der Waals surface area (Å²) in [6.07, 6.45) is 14.2. The fourth-order valence-electron chi connectivity index (χ4n) is 2.60. The van der Waals surface area contributed by atoms with Crippen LogP contribution in [0.5, 0.6) is 0 Å². The van der Waals surface area contributed by atoms with E-state index in [-0.39, 0.29) is 17.0 Å². The lowest BCUT2D eigenvalue weighted by Crippen LogP contribution is -3.00. The number of likely N-dealkylation sites (N-methyl/N-ethyl adjacent to an activating group) is 1. The van der Waals surface area contributed by atoms with Gasteiger partial charge in [-0.3, -0.25) is 0 Å². The van der Waals surface area contributed by atoms with Gasteiger partial charge in [0.25, 0.3) is 0 Å². The lowest BCUT2D eigenvalue weighted by Gasteiger charge is -2.29. The predicted molar refractivity (Wildman–Crippen MR) is 90.2 cm³/mol. The molecule has 0 atom stereocenters. The summed E-state index contributed by atoms with van der Waals surface area (Å²) in [4.78, 5) is 0. The third kappa shape index (κ3) is 18.4. The van der Waals surface area contributed by atoms with Crippen molar-refractivity contribution < 1.29 is 26.2 Å². The first-order valence-corrected chi connectivity index (χ1v) is 9.02. The van der Waals surface area contributed by atoms with Crippen LogP contribution < -0.4 is 17.0 Å². The summed E-state index contributed by atoms with van der Waals surface area (Å²) in [6.45, 7) is 8.55. The quantitative estimate of drug-likeness (QED) is 0.318. The van der Waals surface area contributed by atoms with Gasteiger partial charge in [-0.15, -0.1) is 0 Å². The highest BCUT2D eigenvalue weighted by molar-refractivity contribution is 4.47.